The van der Waals surface area contributed by atoms with E-state index in [1.165, 1.54) is 0 Å². The molecule has 0 saturated carbocycles. The minimum Gasteiger partial charge on any atom is -0.313 e. The molecule has 2 atom stereocenters. The third kappa shape index (κ3) is 3.35. The van der Waals surface area contributed by atoms with E-state index in [1.807, 2.05) is 6.92 Å². The fourth-order valence-corrected chi connectivity index (χ4v) is 4.58. The highest BCUT2D eigenvalue weighted by molar-refractivity contribution is 7.89. The Kier molecular flexibility index (Phi) is 5.15. The van der Waals surface area contributed by atoms with E-state index in [1.54, 1.807) is 18.2 Å². The lowest BCUT2D eigenvalue weighted by Gasteiger charge is -2.30. The van der Waals surface area contributed by atoms with Crippen LogP contribution in [-0.4, -0.2) is 35.8 Å². The van der Waals surface area contributed by atoms with Crippen molar-refractivity contribution < 1.29 is 8.42 Å². The van der Waals surface area contributed by atoms with Crippen LogP contribution in [0.25, 0.3) is 11.0 Å². The molecule has 1 aliphatic rings. The van der Waals surface area contributed by atoms with Gasteiger partial charge in [0, 0.05) is 12.1 Å². The predicted molar refractivity (Wildman–Crippen MR) is 85.5 cm³/mol. The van der Waals surface area contributed by atoms with Gasteiger partial charge in [0.15, 0.2) is 0 Å². The number of aromatic nitrogens is 2. The van der Waals surface area contributed by atoms with Crippen molar-refractivity contribution in [2.45, 2.75) is 36.7 Å². The van der Waals surface area contributed by atoms with E-state index < -0.39 is 10.0 Å². The van der Waals surface area contributed by atoms with Crippen LogP contribution in [0.4, 0.5) is 0 Å². The molecule has 0 radical (unpaired) electrons. The summed E-state index contributed by atoms with van der Waals surface area (Å²) in [7, 11) is -3.58. The number of rotatable bonds is 3. The summed E-state index contributed by atoms with van der Waals surface area (Å²) in [5.41, 5.74) is 1.06. The van der Waals surface area contributed by atoms with Crippen molar-refractivity contribution in [2.75, 3.05) is 6.54 Å². The zero-order valence-electron chi connectivity index (χ0n) is 11.4. The second-order valence-electron chi connectivity index (χ2n) is 5.00. The average molecular weight is 349 g/mol. The number of halogens is 1. The molecule has 1 aromatic heterocycles. The monoisotopic (exact) mass is 348 g/mol. The van der Waals surface area contributed by atoms with Crippen molar-refractivity contribution in [2.24, 2.45) is 0 Å². The van der Waals surface area contributed by atoms with Crippen molar-refractivity contribution in [3.8, 4) is 0 Å². The van der Waals surface area contributed by atoms with Gasteiger partial charge in [-0.1, -0.05) is 6.07 Å². The first-order valence-electron chi connectivity index (χ1n) is 6.55. The zero-order valence-corrected chi connectivity index (χ0v) is 13.9. The van der Waals surface area contributed by atoms with Gasteiger partial charge in [0.25, 0.3) is 0 Å². The van der Waals surface area contributed by atoms with Crippen LogP contribution in [0.5, 0.6) is 0 Å². The average Bonchev–Trinajstić information content (AvgIpc) is 2.89. The van der Waals surface area contributed by atoms with Crippen LogP contribution in [0.2, 0.25) is 0 Å². The second-order valence-corrected chi connectivity index (χ2v) is 7.21. The van der Waals surface area contributed by atoms with Crippen LogP contribution in [0.3, 0.4) is 0 Å². The van der Waals surface area contributed by atoms with E-state index in [2.05, 4.69) is 18.8 Å². The smallest absolute Gasteiger partial charge is 0.243 e. The van der Waals surface area contributed by atoms with Gasteiger partial charge in [-0.3, -0.25) is 0 Å². The number of hydrogen-bond donors (Lipinski definition) is 2. The Morgan fingerprint density at radius 2 is 2.19 bits per heavy atom. The first kappa shape index (κ1) is 16.6. The fourth-order valence-electron chi connectivity index (χ4n) is 2.47. The lowest BCUT2D eigenvalue weighted by atomic mass is 10.0. The van der Waals surface area contributed by atoms with E-state index in [9.17, 15) is 8.42 Å². The summed E-state index contributed by atoms with van der Waals surface area (Å²) >= 11 is 1.03. The molecule has 1 aliphatic heterocycles. The predicted octanol–water partition coefficient (Wildman–Crippen LogP) is 1.53. The molecule has 0 bridgehead atoms. The summed E-state index contributed by atoms with van der Waals surface area (Å²) < 4.78 is 36.1. The molecule has 1 aromatic carbocycles. The Labute approximate surface area is 134 Å². The second kappa shape index (κ2) is 6.53. The van der Waals surface area contributed by atoms with Crippen LogP contribution in [0.1, 0.15) is 19.8 Å². The van der Waals surface area contributed by atoms with Crippen molar-refractivity contribution in [1.29, 1.82) is 0 Å². The molecular weight excluding hydrogens is 332 g/mol. The minimum atomic E-state index is -3.58. The SMILES string of the molecule is CC1NCCCC1NS(=O)(=O)c1cccc2nsnc12.Cl. The molecule has 0 aliphatic carbocycles. The topological polar surface area (TPSA) is 84.0 Å². The summed E-state index contributed by atoms with van der Waals surface area (Å²) in [5.74, 6) is 0. The molecule has 2 unspecified atom stereocenters. The van der Waals surface area contributed by atoms with E-state index in [-0.39, 0.29) is 29.4 Å². The van der Waals surface area contributed by atoms with E-state index in [4.69, 9.17) is 0 Å². The van der Waals surface area contributed by atoms with Crippen LogP contribution in [0.15, 0.2) is 23.1 Å². The molecule has 2 N–H and O–H groups in total. The lowest BCUT2D eigenvalue weighted by Crippen LogP contribution is -2.51. The summed E-state index contributed by atoms with van der Waals surface area (Å²) in [6.07, 6.45) is 1.82. The van der Waals surface area contributed by atoms with Gasteiger partial charge in [-0.2, -0.15) is 8.75 Å². The summed E-state index contributed by atoms with van der Waals surface area (Å²) in [5, 5.41) is 3.29. The summed E-state index contributed by atoms with van der Waals surface area (Å²) in [4.78, 5) is 0.210. The third-order valence-electron chi connectivity index (χ3n) is 3.61. The maximum absolute atomic E-state index is 12.6. The van der Waals surface area contributed by atoms with Gasteiger partial charge >= 0.3 is 0 Å². The number of hydrogen-bond acceptors (Lipinski definition) is 6. The molecule has 1 saturated heterocycles. The van der Waals surface area contributed by atoms with Gasteiger partial charge in [-0.25, -0.2) is 13.1 Å². The number of fused-ring (bicyclic) bond motifs is 1. The van der Waals surface area contributed by atoms with Crippen LogP contribution in [0, 0.1) is 0 Å². The molecule has 0 spiro atoms. The van der Waals surface area contributed by atoms with Gasteiger partial charge in [0.1, 0.15) is 15.9 Å². The molecule has 2 heterocycles. The minimum absolute atomic E-state index is 0. The first-order chi connectivity index (χ1) is 9.58. The maximum atomic E-state index is 12.6. The molecule has 1 fully saturated rings. The number of piperidine rings is 1. The normalized spacial score (nSPS) is 22.9. The molecule has 6 nitrogen and oxygen atoms in total. The van der Waals surface area contributed by atoms with E-state index in [0.717, 1.165) is 31.1 Å². The largest absolute Gasteiger partial charge is 0.313 e. The number of benzene rings is 1. The molecule has 116 valence electrons. The standard InChI is InChI=1S/C12H16N4O2S2.ClH/c1-8-9(5-3-7-13-8)16-20(17,18)11-6-2-4-10-12(11)15-19-14-10;/h2,4,6,8-9,13,16H,3,5,7H2,1H3;1H. The van der Waals surface area contributed by atoms with Crippen LogP contribution >= 0.6 is 24.1 Å². The Morgan fingerprint density at radius 1 is 1.38 bits per heavy atom. The van der Waals surface area contributed by atoms with E-state index in [0.29, 0.717) is 11.0 Å². The van der Waals surface area contributed by atoms with Crippen molar-refractivity contribution in [3.63, 3.8) is 0 Å². The van der Waals surface area contributed by atoms with Crippen LogP contribution in [-0.2, 0) is 10.0 Å². The van der Waals surface area contributed by atoms with Gasteiger partial charge in [-0.15, -0.1) is 12.4 Å². The molecule has 2 aromatic rings. The lowest BCUT2D eigenvalue weighted by molar-refractivity contribution is 0.349. The van der Waals surface area contributed by atoms with Crippen molar-refractivity contribution >= 4 is 45.2 Å². The molecule has 21 heavy (non-hydrogen) atoms. The zero-order chi connectivity index (χ0) is 14.2. The van der Waals surface area contributed by atoms with Gasteiger partial charge < -0.3 is 5.32 Å². The van der Waals surface area contributed by atoms with Gasteiger partial charge in [0.05, 0.1) is 11.7 Å². The fraction of sp³-hybridized carbons (Fsp3) is 0.500. The summed E-state index contributed by atoms with van der Waals surface area (Å²) in [6.45, 7) is 2.93. The quantitative estimate of drug-likeness (QED) is 0.878. The summed E-state index contributed by atoms with van der Waals surface area (Å²) in [6, 6.07) is 5.08. The number of sulfonamides is 1. The number of nitrogens with zero attached hydrogens (tertiary/aromatic N) is 2. The molecule has 3 rings (SSSR count). The Hall–Kier alpha value is -0.800. The highest BCUT2D eigenvalue weighted by Crippen LogP contribution is 2.22. The van der Waals surface area contributed by atoms with Gasteiger partial charge in [0.2, 0.25) is 10.0 Å². The van der Waals surface area contributed by atoms with Crippen molar-refractivity contribution in [1.82, 2.24) is 18.8 Å². The highest BCUT2D eigenvalue weighted by Gasteiger charge is 2.28. The van der Waals surface area contributed by atoms with Gasteiger partial charge in [-0.05, 0) is 38.4 Å². The maximum Gasteiger partial charge on any atom is 0.243 e. The Morgan fingerprint density at radius 3 is 2.95 bits per heavy atom. The van der Waals surface area contributed by atoms with Crippen molar-refractivity contribution in [3.05, 3.63) is 18.2 Å². The molecule has 0 amide bonds. The number of nitrogens with one attached hydrogen (secondary N) is 2. The third-order valence-corrected chi connectivity index (χ3v) is 5.67. The van der Waals surface area contributed by atoms with E-state index >= 15 is 0 Å². The molecular formula is C12H17ClN4O2S2. The first-order valence-corrected chi connectivity index (χ1v) is 8.76. The Bertz CT molecular complexity index is 719. The molecule has 9 heteroatoms. The Balaban J connectivity index is 0.00000161. The highest BCUT2D eigenvalue weighted by atomic mass is 35.5. The van der Waals surface area contributed by atoms with Crippen LogP contribution < -0.4 is 10.0 Å².